The molecule has 0 saturated heterocycles. The van der Waals surface area contributed by atoms with E-state index in [1.807, 2.05) is 6.92 Å². The zero-order chi connectivity index (χ0) is 8.27. The van der Waals surface area contributed by atoms with E-state index in [0.717, 1.165) is 12.0 Å². The Hall–Kier alpha value is -0.720. The van der Waals surface area contributed by atoms with Gasteiger partial charge in [-0.15, -0.1) is 0 Å². The zero-order valence-corrected chi connectivity index (χ0v) is 7.30. The second-order valence-corrected chi connectivity index (χ2v) is 3.39. The van der Waals surface area contributed by atoms with Crippen molar-refractivity contribution in [3.63, 3.8) is 0 Å². The molecule has 1 N–H and O–H groups in total. The van der Waals surface area contributed by atoms with Crippen LogP contribution in [-0.2, 0) is 0 Å². The van der Waals surface area contributed by atoms with Crippen LogP contribution in [0.4, 0.5) is 0 Å². The van der Waals surface area contributed by atoms with Crippen LogP contribution in [0.1, 0.15) is 33.1 Å². The zero-order valence-electron chi connectivity index (χ0n) is 7.30. The van der Waals surface area contributed by atoms with Crippen LogP contribution < -0.4 is 0 Å². The van der Waals surface area contributed by atoms with Gasteiger partial charge in [-0.2, -0.15) is 0 Å². The van der Waals surface area contributed by atoms with Crippen molar-refractivity contribution in [3.05, 3.63) is 23.5 Å². The summed E-state index contributed by atoms with van der Waals surface area (Å²) in [5.74, 6) is 0.587. The Morgan fingerprint density at radius 3 is 2.91 bits per heavy atom. The van der Waals surface area contributed by atoms with Crippen LogP contribution in [0, 0.1) is 5.92 Å². The van der Waals surface area contributed by atoms with Crippen molar-refractivity contribution in [1.82, 2.24) is 0 Å². The number of aliphatic hydroxyl groups is 1. The molecule has 1 nitrogen and oxygen atoms in total. The minimum Gasteiger partial charge on any atom is -0.516 e. The molecule has 0 saturated carbocycles. The molecule has 0 bridgehead atoms. The molecule has 62 valence electrons. The fourth-order valence-corrected chi connectivity index (χ4v) is 1.48. The van der Waals surface area contributed by atoms with Gasteiger partial charge in [0.25, 0.3) is 0 Å². The highest BCUT2D eigenvalue weighted by atomic mass is 16.2. The van der Waals surface area contributed by atoms with E-state index in [2.05, 4.69) is 13.0 Å². The third kappa shape index (κ3) is 2.11. The Morgan fingerprint density at radius 1 is 1.73 bits per heavy atom. The summed E-state index contributed by atoms with van der Waals surface area (Å²) in [6.45, 7) is 4.17. The molecule has 11 heavy (non-hydrogen) atoms. The Bertz CT molecular complexity index is 189. The highest BCUT2D eigenvalue weighted by Gasteiger charge is 2.13. The van der Waals surface area contributed by atoms with Crippen LogP contribution in [0.3, 0.4) is 0 Å². The number of rotatable bonds is 1. The molecule has 0 heterocycles. The highest BCUT2D eigenvalue weighted by molar-refractivity contribution is 5.10. The van der Waals surface area contributed by atoms with Crippen molar-refractivity contribution in [1.29, 1.82) is 0 Å². The highest BCUT2D eigenvalue weighted by Crippen LogP contribution is 2.28. The van der Waals surface area contributed by atoms with E-state index in [1.54, 1.807) is 0 Å². The average molecular weight is 152 g/mol. The fourth-order valence-electron chi connectivity index (χ4n) is 1.48. The Balaban J connectivity index is 2.54. The molecule has 0 aromatic rings. The van der Waals surface area contributed by atoms with Gasteiger partial charge in [-0.25, -0.2) is 0 Å². The van der Waals surface area contributed by atoms with Crippen LogP contribution in [0.2, 0.25) is 0 Å². The third-order valence-electron chi connectivity index (χ3n) is 2.49. The molecule has 1 unspecified atom stereocenters. The second kappa shape index (κ2) is 3.61. The molecule has 0 spiro atoms. The summed E-state index contributed by atoms with van der Waals surface area (Å²) in [5.41, 5.74) is 2.61. The van der Waals surface area contributed by atoms with E-state index in [0.29, 0.717) is 5.92 Å². The first-order valence-electron chi connectivity index (χ1n) is 4.20. The van der Waals surface area contributed by atoms with E-state index < -0.39 is 0 Å². The first-order chi connectivity index (χ1) is 5.24. The molecule has 1 rings (SSSR count). The molecular weight excluding hydrogens is 136 g/mol. The lowest BCUT2D eigenvalue weighted by atomic mass is 9.86. The maximum absolute atomic E-state index is 8.77. The molecule has 1 aliphatic carbocycles. The molecule has 0 fully saturated rings. The minimum atomic E-state index is 0.587. The van der Waals surface area contributed by atoms with E-state index in [4.69, 9.17) is 5.11 Å². The fraction of sp³-hybridized carbons (Fsp3) is 0.600. The average Bonchev–Trinajstić information content (AvgIpc) is 2.05. The molecule has 0 radical (unpaired) electrons. The minimum absolute atomic E-state index is 0.587. The van der Waals surface area contributed by atoms with Crippen LogP contribution in [0.5, 0.6) is 0 Å². The summed E-state index contributed by atoms with van der Waals surface area (Å²) >= 11 is 0. The van der Waals surface area contributed by atoms with Crippen LogP contribution in [-0.4, -0.2) is 5.11 Å². The topological polar surface area (TPSA) is 20.2 Å². The number of aliphatic hydroxyl groups excluding tert-OH is 1. The number of hydrogen-bond donors (Lipinski definition) is 1. The smallest absolute Gasteiger partial charge is 0.0783 e. The first-order valence-corrected chi connectivity index (χ1v) is 4.20. The van der Waals surface area contributed by atoms with Crippen molar-refractivity contribution >= 4 is 0 Å². The number of hydrogen-bond acceptors (Lipinski definition) is 1. The summed E-state index contributed by atoms with van der Waals surface area (Å²) in [6, 6.07) is 0. The lowest BCUT2D eigenvalue weighted by molar-refractivity contribution is 0.442. The van der Waals surface area contributed by atoms with Crippen LogP contribution in [0.15, 0.2) is 23.5 Å². The number of allylic oxidation sites excluding steroid dienone is 3. The Labute approximate surface area is 68.4 Å². The van der Waals surface area contributed by atoms with Crippen molar-refractivity contribution in [2.75, 3.05) is 0 Å². The van der Waals surface area contributed by atoms with Gasteiger partial charge in [-0.1, -0.05) is 11.6 Å². The van der Waals surface area contributed by atoms with Crippen LogP contribution in [0.25, 0.3) is 0 Å². The van der Waals surface area contributed by atoms with E-state index in [-0.39, 0.29) is 0 Å². The lowest BCUT2D eigenvalue weighted by Crippen LogP contribution is -2.05. The third-order valence-corrected chi connectivity index (χ3v) is 2.49. The van der Waals surface area contributed by atoms with Gasteiger partial charge in [0.15, 0.2) is 0 Å². The molecule has 0 aromatic carbocycles. The van der Waals surface area contributed by atoms with Gasteiger partial charge >= 0.3 is 0 Å². The quantitative estimate of drug-likeness (QED) is 0.452. The van der Waals surface area contributed by atoms with Crippen LogP contribution >= 0.6 is 0 Å². The molecule has 1 aliphatic rings. The van der Waals surface area contributed by atoms with Gasteiger partial charge in [0, 0.05) is 0 Å². The van der Waals surface area contributed by atoms with E-state index in [9.17, 15) is 0 Å². The van der Waals surface area contributed by atoms with Gasteiger partial charge in [0.05, 0.1) is 6.26 Å². The van der Waals surface area contributed by atoms with Crippen molar-refractivity contribution in [2.24, 2.45) is 5.92 Å². The SMILES string of the molecule is CC1=CCC(/C(C)=C/O)CC1. The largest absolute Gasteiger partial charge is 0.516 e. The summed E-state index contributed by atoms with van der Waals surface area (Å²) in [5, 5.41) is 8.77. The molecule has 1 atom stereocenters. The molecule has 0 aromatic heterocycles. The molecule has 0 amide bonds. The molecule has 0 aliphatic heterocycles. The summed E-state index contributed by atoms with van der Waals surface area (Å²) in [6.07, 6.45) is 7.02. The van der Waals surface area contributed by atoms with Gasteiger partial charge in [-0.05, 0) is 44.6 Å². The van der Waals surface area contributed by atoms with Gasteiger partial charge in [0.2, 0.25) is 0 Å². The predicted molar refractivity (Wildman–Crippen MR) is 47.5 cm³/mol. The predicted octanol–water partition coefficient (Wildman–Crippen LogP) is 3.19. The van der Waals surface area contributed by atoms with Gasteiger partial charge < -0.3 is 5.11 Å². The van der Waals surface area contributed by atoms with Crippen molar-refractivity contribution in [3.8, 4) is 0 Å². The van der Waals surface area contributed by atoms with E-state index in [1.165, 1.54) is 24.7 Å². The second-order valence-electron chi connectivity index (χ2n) is 3.39. The van der Waals surface area contributed by atoms with Crippen molar-refractivity contribution in [2.45, 2.75) is 33.1 Å². The Kier molecular flexibility index (Phi) is 2.75. The summed E-state index contributed by atoms with van der Waals surface area (Å²) in [4.78, 5) is 0. The standard InChI is InChI=1S/C10H16O/c1-8-3-5-10(6-4-8)9(2)7-11/h3,7,10-11H,4-6H2,1-2H3/b9-7+. The first kappa shape index (κ1) is 8.38. The molecule has 1 heteroatoms. The maximum atomic E-state index is 8.77. The van der Waals surface area contributed by atoms with E-state index >= 15 is 0 Å². The van der Waals surface area contributed by atoms with Gasteiger partial charge in [0.1, 0.15) is 0 Å². The van der Waals surface area contributed by atoms with Crippen molar-refractivity contribution < 1.29 is 5.11 Å². The lowest BCUT2D eigenvalue weighted by Gasteiger charge is -2.20. The normalized spacial score (nSPS) is 26.5. The maximum Gasteiger partial charge on any atom is 0.0783 e. The monoisotopic (exact) mass is 152 g/mol. The Morgan fingerprint density at radius 2 is 2.45 bits per heavy atom. The summed E-state index contributed by atoms with van der Waals surface area (Å²) < 4.78 is 0. The summed E-state index contributed by atoms with van der Waals surface area (Å²) in [7, 11) is 0. The molecular formula is C10H16O. The van der Waals surface area contributed by atoms with Gasteiger partial charge in [-0.3, -0.25) is 0 Å².